The first-order chi connectivity index (χ1) is 9.93. The average molecular weight is 355 g/mol. The van der Waals surface area contributed by atoms with E-state index in [-0.39, 0.29) is 5.54 Å². The van der Waals surface area contributed by atoms with Crippen LogP contribution in [0.4, 0.5) is 0 Å². The van der Waals surface area contributed by atoms with E-state index in [0.717, 1.165) is 23.5 Å². The van der Waals surface area contributed by atoms with Crippen molar-refractivity contribution in [1.29, 1.82) is 0 Å². The second-order valence-electron chi connectivity index (χ2n) is 6.71. The van der Waals surface area contributed by atoms with Crippen molar-refractivity contribution in [2.45, 2.75) is 44.7 Å². The predicted molar refractivity (Wildman–Crippen MR) is 91.6 cm³/mol. The second kappa shape index (κ2) is 7.12. The Morgan fingerprint density at radius 3 is 2.81 bits per heavy atom. The van der Waals surface area contributed by atoms with Crippen molar-refractivity contribution < 1.29 is 5.11 Å². The van der Waals surface area contributed by atoms with E-state index in [9.17, 15) is 5.11 Å². The zero-order valence-electron chi connectivity index (χ0n) is 13.3. The standard InChI is InChI=1S/C17H27BrN2O/c1-13-5-4-8-17(10-13,20(2)3)12-19-11-14-6-7-16(21)15(18)9-14/h6-7,9,13,19,21H,4-5,8,10-12H2,1-3H3. The molecule has 1 aromatic rings. The summed E-state index contributed by atoms with van der Waals surface area (Å²) >= 11 is 3.37. The highest BCUT2D eigenvalue weighted by molar-refractivity contribution is 9.10. The van der Waals surface area contributed by atoms with Gasteiger partial charge in [0.1, 0.15) is 5.75 Å². The number of nitrogens with one attached hydrogen (secondary N) is 1. The van der Waals surface area contributed by atoms with Crippen LogP contribution in [0.15, 0.2) is 22.7 Å². The van der Waals surface area contributed by atoms with Gasteiger partial charge in [0.25, 0.3) is 0 Å². The molecule has 3 nitrogen and oxygen atoms in total. The number of aromatic hydroxyl groups is 1. The van der Waals surface area contributed by atoms with Crippen LogP contribution in [0.1, 0.15) is 38.2 Å². The van der Waals surface area contributed by atoms with Gasteiger partial charge in [0, 0.05) is 18.6 Å². The van der Waals surface area contributed by atoms with Crippen LogP contribution in [0.3, 0.4) is 0 Å². The molecule has 0 radical (unpaired) electrons. The zero-order chi connectivity index (χ0) is 15.5. The quantitative estimate of drug-likeness (QED) is 0.844. The number of benzene rings is 1. The summed E-state index contributed by atoms with van der Waals surface area (Å²) in [6.45, 7) is 4.22. The Hall–Kier alpha value is -0.580. The third kappa shape index (κ3) is 4.21. The summed E-state index contributed by atoms with van der Waals surface area (Å²) in [5.41, 5.74) is 1.48. The fourth-order valence-electron chi connectivity index (χ4n) is 3.46. The summed E-state index contributed by atoms with van der Waals surface area (Å²) in [5, 5.41) is 13.2. The summed E-state index contributed by atoms with van der Waals surface area (Å²) < 4.78 is 0.760. The fraction of sp³-hybridized carbons (Fsp3) is 0.647. The summed E-state index contributed by atoms with van der Waals surface area (Å²) in [7, 11) is 4.41. The maximum atomic E-state index is 9.54. The first-order valence-corrected chi connectivity index (χ1v) is 8.58. The van der Waals surface area contributed by atoms with E-state index in [1.165, 1.54) is 31.2 Å². The Kier molecular flexibility index (Phi) is 5.69. The molecule has 0 spiro atoms. The first kappa shape index (κ1) is 16.8. The maximum Gasteiger partial charge on any atom is 0.129 e. The van der Waals surface area contributed by atoms with Gasteiger partial charge in [-0.05, 0) is 66.5 Å². The SMILES string of the molecule is CC1CCCC(CNCc2ccc(O)c(Br)c2)(N(C)C)C1. The molecule has 21 heavy (non-hydrogen) atoms. The monoisotopic (exact) mass is 354 g/mol. The van der Waals surface area contributed by atoms with Gasteiger partial charge in [-0.3, -0.25) is 0 Å². The van der Waals surface area contributed by atoms with Crippen molar-refractivity contribution in [2.75, 3.05) is 20.6 Å². The highest BCUT2D eigenvalue weighted by Gasteiger charge is 2.36. The molecule has 0 bridgehead atoms. The molecule has 2 N–H and O–H groups in total. The molecule has 1 fully saturated rings. The maximum absolute atomic E-state index is 9.54. The van der Waals surface area contributed by atoms with Crippen LogP contribution in [-0.4, -0.2) is 36.2 Å². The Morgan fingerprint density at radius 1 is 1.43 bits per heavy atom. The minimum absolute atomic E-state index is 0.284. The van der Waals surface area contributed by atoms with Gasteiger partial charge < -0.3 is 15.3 Å². The van der Waals surface area contributed by atoms with E-state index in [1.807, 2.05) is 12.1 Å². The normalized spacial score (nSPS) is 26.2. The van der Waals surface area contributed by atoms with Crippen molar-refractivity contribution in [3.05, 3.63) is 28.2 Å². The van der Waals surface area contributed by atoms with Crippen molar-refractivity contribution in [3.8, 4) is 5.75 Å². The van der Waals surface area contributed by atoms with Gasteiger partial charge >= 0.3 is 0 Å². The van der Waals surface area contributed by atoms with Crippen molar-refractivity contribution >= 4 is 15.9 Å². The molecule has 1 aliphatic carbocycles. The molecule has 1 aliphatic rings. The second-order valence-corrected chi connectivity index (χ2v) is 7.56. The van der Waals surface area contributed by atoms with Crippen molar-refractivity contribution in [2.24, 2.45) is 5.92 Å². The number of hydrogen-bond acceptors (Lipinski definition) is 3. The van der Waals surface area contributed by atoms with Gasteiger partial charge in [0.05, 0.1) is 4.47 Å². The van der Waals surface area contributed by atoms with Crippen LogP contribution in [0.2, 0.25) is 0 Å². The van der Waals surface area contributed by atoms with Crippen LogP contribution >= 0.6 is 15.9 Å². The lowest BCUT2D eigenvalue weighted by Gasteiger charge is -2.45. The summed E-state index contributed by atoms with van der Waals surface area (Å²) in [6, 6.07) is 5.69. The Morgan fingerprint density at radius 2 is 2.19 bits per heavy atom. The molecule has 1 aromatic carbocycles. The van der Waals surface area contributed by atoms with Gasteiger partial charge in [-0.1, -0.05) is 25.8 Å². The van der Waals surface area contributed by atoms with E-state index < -0.39 is 0 Å². The van der Waals surface area contributed by atoms with Gasteiger partial charge in [0.2, 0.25) is 0 Å². The fourth-order valence-corrected chi connectivity index (χ4v) is 3.88. The third-order valence-corrected chi connectivity index (χ3v) is 5.45. The molecule has 0 saturated heterocycles. The van der Waals surface area contributed by atoms with Crippen LogP contribution in [0, 0.1) is 5.92 Å². The van der Waals surface area contributed by atoms with Crippen LogP contribution in [-0.2, 0) is 6.54 Å². The molecule has 2 atom stereocenters. The molecule has 4 heteroatoms. The van der Waals surface area contributed by atoms with Gasteiger partial charge in [-0.25, -0.2) is 0 Å². The van der Waals surface area contributed by atoms with E-state index in [0.29, 0.717) is 5.75 Å². The molecule has 2 unspecified atom stereocenters. The number of rotatable bonds is 5. The van der Waals surface area contributed by atoms with Crippen LogP contribution in [0.25, 0.3) is 0 Å². The predicted octanol–water partition coefficient (Wildman–Crippen LogP) is 3.75. The minimum Gasteiger partial charge on any atom is -0.507 e. The topological polar surface area (TPSA) is 35.5 Å². The summed E-state index contributed by atoms with van der Waals surface area (Å²) in [6.07, 6.45) is 5.23. The largest absolute Gasteiger partial charge is 0.507 e. The lowest BCUT2D eigenvalue weighted by Crippen LogP contribution is -2.54. The Balaban J connectivity index is 1.94. The van der Waals surface area contributed by atoms with Crippen LogP contribution < -0.4 is 5.32 Å². The summed E-state index contributed by atoms with van der Waals surface area (Å²) in [5.74, 6) is 1.11. The molecule has 0 aromatic heterocycles. The van der Waals surface area contributed by atoms with Gasteiger partial charge in [-0.15, -0.1) is 0 Å². The smallest absolute Gasteiger partial charge is 0.129 e. The van der Waals surface area contributed by atoms with Gasteiger partial charge in [-0.2, -0.15) is 0 Å². The van der Waals surface area contributed by atoms with E-state index in [2.05, 4.69) is 47.2 Å². The molecule has 0 amide bonds. The summed E-state index contributed by atoms with van der Waals surface area (Å²) in [4.78, 5) is 2.41. The molecule has 0 heterocycles. The van der Waals surface area contributed by atoms with Crippen molar-refractivity contribution in [1.82, 2.24) is 10.2 Å². The van der Waals surface area contributed by atoms with Crippen LogP contribution in [0.5, 0.6) is 5.75 Å². The lowest BCUT2D eigenvalue weighted by atomic mass is 9.75. The number of likely N-dealkylation sites (N-methyl/N-ethyl adjacent to an activating group) is 1. The number of nitrogens with zero attached hydrogens (tertiary/aromatic N) is 1. The van der Waals surface area contributed by atoms with E-state index >= 15 is 0 Å². The Bertz CT molecular complexity index is 478. The average Bonchev–Trinajstić information content (AvgIpc) is 2.42. The van der Waals surface area contributed by atoms with E-state index in [1.54, 1.807) is 6.07 Å². The number of halogens is 1. The molecule has 2 rings (SSSR count). The first-order valence-electron chi connectivity index (χ1n) is 7.78. The number of phenols is 1. The van der Waals surface area contributed by atoms with Gasteiger partial charge in [0.15, 0.2) is 0 Å². The third-order valence-electron chi connectivity index (χ3n) is 4.81. The number of phenolic OH excluding ortho intramolecular Hbond substituents is 1. The molecular weight excluding hydrogens is 328 g/mol. The minimum atomic E-state index is 0.284. The molecule has 118 valence electrons. The molecule has 1 saturated carbocycles. The van der Waals surface area contributed by atoms with E-state index in [4.69, 9.17) is 0 Å². The molecule has 0 aliphatic heterocycles. The lowest BCUT2D eigenvalue weighted by molar-refractivity contribution is 0.0749. The highest BCUT2D eigenvalue weighted by Crippen LogP contribution is 2.35. The molecular formula is C17H27BrN2O. The highest BCUT2D eigenvalue weighted by atomic mass is 79.9. The zero-order valence-corrected chi connectivity index (χ0v) is 14.9. The number of hydrogen-bond donors (Lipinski definition) is 2. The van der Waals surface area contributed by atoms with Crippen molar-refractivity contribution in [3.63, 3.8) is 0 Å². The Labute approximate surface area is 136 Å².